The highest BCUT2D eigenvalue weighted by atomic mass is 19.1. The van der Waals surface area contributed by atoms with Gasteiger partial charge in [0.15, 0.2) is 5.69 Å². The van der Waals surface area contributed by atoms with E-state index in [-0.39, 0.29) is 29.1 Å². The number of aromatic nitrogens is 2. The van der Waals surface area contributed by atoms with Gasteiger partial charge in [-0.05, 0) is 48.9 Å². The first kappa shape index (κ1) is 18.1. The average Bonchev–Trinajstić information content (AvgIpc) is 3.32. The van der Waals surface area contributed by atoms with Crippen molar-refractivity contribution in [1.82, 2.24) is 15.1 Å². The lowest BCUT2D eigenvalue weighted by Gasteiger charge is -2.20. The van der Waals surface area contributed by atoms with Gasteiger partial charge in [-0.25, -0.2) is 17.9 Å². The van der Waals surface area contributed by atoms with E-state index in [1.54, 1.807) is 29.3 Å². The van der Waals surface area contributed by atoms with Gasteiger partial charge in [-0.3, -0.25) is 4.79 Å². The van der Waals surface area contributed by atoms with Gasteiger partial charge >= 0.3 is 0 Å². The summed E-state index contributed by atoms with van der Waals surface area (Å²) in [5.74, 6) is -1.97. The lowest BCUT2D eigenvalue weighted by atomic mass is 10.2. The number of rotatable bonds is 4. The Kier molecular flexibility index (Phi) is 4.77. The molecule has 1 fully saturated rings. The largest absolute Gasteiger partial charge is 0.365 e. The number of benzene rings is 2. The Hall–Kier alpha value is -3.29. The first-order chi connectivity index (χ1) is 13.5. The number of anilines is 1. The van der Waals surface area contributed by atoms with Crippen LogP contribution in [0.25, 0.3) is 5.69 Å². The predicted molar refractivity (Wildman–Crippen MR) is 98.0 cm³/mol. The smallest absolute Gasteiger partial charge is 0.272 e. The number of hydrogen-bond acceptors (Lipinski definition) is 3. The Balaban J connectivity index is 1.42. The van der Waals surface area contributed by atoms with E-state index in [4.69, 9.17) is 0 Å². The molecule has 2 aromatic carbocycles. The summed E-state index contributed by atoms with van der Waals surface area (Å²) in [4.78, 5) is 14.1. The molecule has 0 aliphatic carbocycles. The zero-order chi connectivity index (χ0) is 19.7. The van der Waals surface area contributed by atoms with Gasteiger partial charge in [-0.1, -0.05) is 6.07 Å². The molecule has 1 amide bonds. The molecule has 1 unspecified atom stereocenters. The number of halogens is 3. The minimum Gasteiger partial charge on any atom is -0.365 e. The summed E-state index contributed by atoms with van der Waals surface area (Å²) in [6, 6.07) is 10.8. The van der Waals surface area contributed by atoms with Crippen molar-refractivity contribution in [2.75, 3.05) is 18.0 Å². The summed E-state index contributed by atoms with van der Waals surface area (Å²) >= 11 is 0. The van der Waals surface area contributed by atoms with E-state index < -0.39 is 11.6 Å². The summed E-state index contributed by atoms with van der Waals surface area (Å²) in [6.07, 6.45) is 2.18. The van der Waals surface area contributed by atoms with Gasteiger partial charge in [0, 0.05) is 25.3 Å². The van der Waals surface area contributed by atoms with Gasteiger partial charge in [0.25, 0.3) is 5.91 Å². The molecule has 0 bridgehead atoms. The van der Waals surface area contributed by atoms with Crippen molar-refractivity contribution in [3.8, 4) is 5.69 Å². The fourth-order valence-corrected chi connectivity index (χ4v) is 3.31. The lowest BCUT2D eigenvalue weighted by Crippen LogP contribution is -2.37. The zero-order valence-electron chi connectivity index (χ0n) is 14.8. The molecule has 0 saturated carbocycles. The van der Waals surface area contributed by atoms with Crippen molar-refractivity contribution in [2.45, 2.75) is 12.5 Å². The van der Waals surface area contributed by atoms with Crippen molar-refractivity contribution in [3.05, 3.63) is 77.9 Å². The third-order valence-corrected chi connectivity index (χ3v) is 4.69. The minimum absolute atomic E-state index is 0.0696. The highest BCUT2D eigenvalue weighted by Crippen LogP contribution is 2.26. The lowest BCUT2D eigenvalue weighted by molar-refractivity contribution is 0.0935. The summed E-state index contributed by atoms with van der Waals surface area (Å²) in [5, 5.41) is 7.05. The number of hydrogen-bond donors (Lipinski definition) is 1. The molecule has 3 aromatic rings. The van der Waals surface area contributed by atoms with Gasteiger partial charge in [0.05, 0.1) is 5.69 Å². The first-order valence-electron chi connectivity index (χ1n) is 8.83. The van der Waals surface area contributed by atoms with Crippen LogP contribution in [0.5, 0.6) is 0 Å². The number of amides is 1. The summed E-state index contributed by atoms with van der Waals surface area (Å²) in [5.41, 5.74) is 0.766. The molecule has 1 aliphatic rings. The molecule has 1 N–H and O–H groups in total. The van der Waals surface area contributed by atoms with Crippen LogP contribution < -0.4 is 10.2 Å². The molecule has 144 valence electrons. The molecule has 8 heteroatoms. The molecule has 2 heterocycles. The Morgan fingerprint density at radius 3 is 2.46 bits per heavy atom. The third-order valence-electron chi connectivity index (χ3n) is 4.69. The van der Waals surface area contributed by atoms with Crippen molar-refractivity contribution in [2.24, 2.45) is 0 Å². The molecule has 1 aliphatic heterocycles. The Morgan fingerprint density at radius 2 is 1.75 bits per heavy atom. The van der Waals surface area contributed by atoms with Crippen LogP contribution in [0, 0.1) is 17.5 Å². The van der Waals surface area contributed by atoms with Crippen molar-refractivity contribution in [3.63, 3.8) is 0 Å². The molecular weight excluding hydrogens is 369 g/mol. The quantitative estimate of drug-likeness (QED) is 0.749. The second-order valence-corrected chi connectivity index (χ2v) is 6.60. The molecular formula is C20H17F3N4O. The SMILES string of the molecule is O=C(NC1CCN(c2c(F)cccc2F)C1)c1ccn(-c2ccc(F)cc2)n1. The van der Waals surface area contributed by atoms with Crippen molar-refractivity contribution < 1.29 is 18.0 Å². The third kappa shape index (κ3) is 3.58. The number of nitrogens with one attached hydrogen (secondary N) is 1. The maximum atomic E-state index is 13.9. The van der Waals surface area contributed by atoms with Gasteiger partial charge in [-0.15, -0.1) is 0 Å². The van der Waals surface area contributed by atoms with Gasteiger partial charge in [-0.2, -0.15) is 5.10 Å². The van der Waals surface area contributed by atoms with Crippen molar-refractivity contribution in [1.29, 1.82) is 0 Å². The van der Waals surface area contributed by atoms with Crippen LogP contribution in [0.1, 0.15) is 16.9 Å². The van der Waals surface area contributed by atoms with Gasteiger partial charge < -0.3 is 10.2 Å². The maximum absolute atomic E-state index is 13.9. The highest BCUT2D eigenvalue weighted by Gasteiger charge is 2.28. The topological polar surface area (TPSA) is 50.2 Å². The zero-order valence-corrected chi connectivity index (χ0v) is 14.8. The van der Waals surface area contributed by atoms with E-state index in [1.807, 2.05) is 0 Å². The van der Waals surface area contributed by atoms with Crippen LogP contribution in [-0.4, -0.2) is 34.8 Å². The van der Waals surface area contributed by atoms with Crippen LogP contribution in [0.4, 0.5) is 18.9 Å². The van der Waals surface area contributed by atoms with Crippen LogP contribution in [-0.2, 0) is 0 Å². The summed E-state index contributed by atoms with van der Waals surface area (Å²) < 4.78 is 42.4. The van der Waals surface area contributed by atoms with E-state index >= 15 is 0 Å². The number of carbonyl (C=O) groups is 1. The Bertz CT molecular complexity index is 983. The second-order valence-electron chi connectivity index (χ2n) is 6.60. The molecule has 28 heavy (non-hydrogen) atoms. The fraction of sp³-hybridized carbons (Fsp3) is 0.200. The molecule has 1 aromatic heterocycles. The summed E-state index contributed by atoms with van der Waals surface area (Å²) in [6.45, 7) is 0.745. The first-order valence-corrected chi connectivity index (χ1v) is 8.83. The summed E-state index contributed by atoms with van der Waals surface area (Å²) in [7, 11) is 0. The predicted octanol–water partition coefficient (Wildman–Crippen LogP) is 3.30. The normalized spacial score (nSPS) is 16.4. The van der Waals surface area contributed by atoms with E-state index in [2.05, 4.69) is 10.4 Å². The van der Waals surface area contributed by atoms with Crippen molar-refractivity contribution >= 4 is 11.6 Å². The number of nitrogens with zero attached hydrogens (tertiary/aromatic N) is 3. The second kappa shape index (κ2) is 7.38. The number of para-hydroxylation sites is 1. The van der Waals surface area contributed by atoms with Crippen LogP contribution in [0.2, 0.25) is 0 Å². The minimum atomic E-state index is -0.620. The van der Waals surface area contributed by atoms with Crippen LogP contribution in [0.15, 0.2) is 54.7 Å². The van der Waals surface area contributed by atoms with E-state index in [9.17, 15) is 18.0 Å². The Labute approximate surface area is 159 Å². The maximum Gasteiger partial charge on any atom is 0.272 e. The Morgan fingerprint density at radius 1 is 1.04 bits per heavy atom. The van der Waals surface area contributed by atoms with Crippen LogP contribution >= 0.6 is 0 Å². The van der Waals surface area contributed by atoms with Crippen LogP contribution in [0.3, 0.4) is 0 Å². The standard InChI is InChI=1S/C20H17F3N4O/c21-13-4-6-15(7-5-13)27-11-9-18(25-27)20(28)24-14-8-10-26(12-14)19-16(22)2-1-3-17(19)23/h1-7,9,11,14H,8,10,12H2,(H,24,28). The molecule has 0 spiro atoms. The molecule has 1 atom stereocenters. The number of carbonyl (C=O) groups excluding carboxylic acids is 1. The average molecular weight is 386 g/mol. The van der Waals surface area contributed by atoms with E-state index in [0.717, 1.165) is 0 Å². The molecule has 1 saturated heterocycles. The van der Waals surface area contributed by atoms with E-state index in [1.165, 1.54) is 35.0 Å². The molecule has 0 radical (unpaired) electrons. The monoisotopic (exact) mass is 386 g/mol. The highest BCUT2D eigenvalue weighted by molar-refractivity contribution is 5.92. The van der Waals surface area contributed by atoms with Gasteiger partial charge in [0.2, 0.25) is 0 Å². The van der Waals surface area contributed by atoms with E-state index in [0.29, 0.717) is 25.2 Å². The fourth-order valence-electron chi connectivity index (χ4n) is 3.31. The molecule has 4 rings (SSSR count). The molecule has 5 nitrogen and oxygen atoms in total. The van der Waals surface area contributed by atoms with Gasteiger partial charge in [0.1, 0.15) is 23.1 Å².